The molecule has 1 saturated heterocycles. The molecule has 3 nitrogen and oxygen atoms in total. The third-order valence-electron chi connectivity index (χ3n) is 4.10. The van der Waals surface area contributed by atoms with E-state index in [1.54, 1.807) is 12.1 Å². The Balaban J connectivity index is 1.97. The van der Waals surface area contributed by atoms with Gasteiger partial charge in [-0.3, -0.25) is 9.80 Å². The van der Waals surface area contributed by atoms with Crippen molar-refractivity contribution in [3.63, 3.8) is 0 Å². The fourth-order valence-electron chi connectivity index (χ4n) is 2.76. The van der Waals surface area contributed by atoms with Gasteiger partial charge in [0.25, 0.3) is 0 Å². The lowest BCUT2D eigenvalue weighted by Crippen LogP contribution is -2.53. The predicted molar refractivity (Wildman–Crippen MR) is 80.9 cm³/mol. The van der Waals surface area contributed by atoms with Gasteiger partial charge in [-0.2, -0.15) is 0 Å². The fraction of sp³-hybridized carbons (Fsp3) is 0.625. The number of halogens is 1. The molecule has 0 amide bonds. The number of rotatable bonds is 3. The lowest BCUT2D eigenvalue weighted by Gasteiger charge is -2.42. The molecule has 0 bridgehead atoms. The highest BCUT2D eigenvalue weighted by molar-refractivity contribution is 5.27. The van der Waals surface area contributed by atoms with E-state index in [0.717, 1.165) is 43.9 Å². The average molecular weight is 279 g/mol. The van der Waals surface area contributed by atoms with Crippen LogP contribution in [-0.2, 0) is 13.1 Å². The summed E-state index contributed by atoms with van der Waals surface area (Å²) >= 11 is 0. The largest absolute Gasteiger partial charge is 0.326 e. The van der Waals surface area contributed by atoms with Crippen molar-refractivity contribution in [3.05, 3.63) is 35.1 Å². The second-order valence-corrected chi connectivity index (χ2v) is 6.55. The summed E-state index contributed by atoms with van der Waals surface area (Å²) in [6.45, 7) is 12.2. The quantitative estimate of drug-likeness (QED) is 0.920. The standard InChI is InChI=1S/C16H26FN3/c1-16(2,3)20-8-6-19(7-9-20)12-14-10-15(17)5-4-13(14)11-18/h4-5,10H,6-9,11-12,18H2,1-3H3. The molecule has 0 atom stereocenters. The zero-order valence-corrected chi connectivity index (χ0v) is 12.8. The van der Waals surface area contributed by atoms with Gasteiger partial charge in [-0.25, -0.2) is 4.39 Å². The van der Waals surface area contributed by atoms with Crippen LogP contribution in [0.2, 0.25) is 0 Å². The van der Waals surface area contributed by atoms with Crippen molar-refractivity contribution in [2.24, 2.45) is 5.73 Å². The van der Waals surface area contributed by atoms with Crippen LogP contribution < -0.4 is 5.73 Å². The van der Waals surface area contributed by atoms with Crippen LogP contribution in [0.15, 0.2) is 18.2 Å². The zero-order chi connectivity index (χ0) is 14.8. The van der Waals surface area contributed by atoms with Gasteiger partial charge in [-0.15, -0.1) is 0 Å². The molecule has 1 heterocycles. The normalized spacial score (nSPS) is 18.4. The molecule has 0 unspecified atom stereocenters. The minimum atomic E-state index is -0.175. The first-order valence-electron chi connectivity index (χ1n) is 7.35. The van der Waals surface area contributed by atoms with Crippen LogP contribution in [0.4, 0.5) is 4.39 Å². The average Bonchev–Trinajstić information content (AvgIpc) is 2.38. The third kappa shape index (κ3) is 3.78. The molecule has 1 aliphatic heterocycles. The van der Waals surface area contributed by atoms with Crippen molar-refractivity contribution in [1.82, 2.24) is 9.80 Å². The van der Waals surface area contributed by atoms with Crippen LogP contribution in [0.3, 0.4) is 0 Å². The van der Waals surface area contributed by atoms with Crippen molar-refractivity contribution in [3.8, 4) is 0 Å². The highest BCUT2D eigenvalue weighted by Crippen LogP contribution is 2.19. The first-order valence-corrected chi connectivity index (χ1v) is 7.35. The van der Waals surface area contributed by atoms with Crippen LogP contribution in [-0.4, -0.2) is 41.5 Å². The van der Waals surface area contributed by atoms with Gasteiger partial charge in [-0.05, 0) is 44.0 Å². The molecular formula is C16H26FN3. The smallest absolute Gasteiger partial charge is 0.123 e. The van der Waals surface area contributed by atoms with Gasteiger partial charge in [0.2, 0.25) is 0 Å². The monoisotopic (exact) mass is 279 g/mol. The van der Waals surface area contributed by atoms with Crippen molar-refractivity contribution >= 4 is 0 Å². The third-order valence-corrected chi connectivity index (χ3v) is 4.10. The minimum absolute atomic E-state index is 0.175. The second kappa shape index (κ2) is 6.20. The Morgan fingerprint density at radius 1 is 1.10 bits per heavy atom. The summed E-state index contributed by atoms with van der Waals surface area (Å²) < 4.78 is 13.4. The second-order valence-electron chi connectivity index (χ2n) is 6.55. The molecule has 0 radical (unpaired) electrons. The van der Waals surface area contributed by atoms with Gasteiger partial charge in [0, 0.05) is 44.8 Å². The number of nitrogens with zero attached hydrogens (tertiary/aromatic N) is 2. The molecule has 0 aliphatic carbocycles. The molecule has 4 heteroatoms. The lowest BCUT2D eigenvalue weighted by atomic mass is 10.0. The number of piperazine rings is 1. The van der Waals surface area contributed by atoms with E-state index in [1.165, 1.54) is 6.07 Å². The Hall–Kier alpha value is -0.970. The summed E-state index contributed by atoms with van der Waals surface area (Å²) in [5.74, 6) is -0.175. The first-order chi connectivity index (χ1) is 9.40. The van der Waals surface area contributed by atoms with E-state index in [9.17, 15) is 4.39 Å². The highest BCUT2D eigenvalue weighted by atomic mass is 19.1. The van der Waals surface area contributed by atoms with E-state index in [4.69, 9.17) is 5.73 Å². The Kier molecular flexibility index (Phi) is 4.78. The predicted octanol–water partition coefficient (Wildman–Crippen LogP) is 2.20. The van der Waals surface area contributed by atoms with Crippen molar-refractivity contribution in [1.29, 1.82) is 0 Å². The molecule has 112 valence electrons. The number of benzene rings is 1. The van der Waals surface area contributed by atoms with Crippen LogP contribution in [0.5, 0.6) is 0 Å². The van der Waals surface area contributed by atoms with E-state index in [0.29, 0.717) is 6.54 Å². The molecule has 2 N–H and O–H groups in total. The molecule has 0 saturated carbocycles. The van der Waals surface area contributed by atoms with E-state index >= 15 is 0 Å². The molecule has 1 fully saturated rings. The Bertz CT molecular complexity index is 446. The SMILES string of the molecule is CC(C)(C)N1CCN(Cc2cc(F)ccc2CN)CC1. The summed E-state index contributed by atoms with van der Waals surface area (Å²) in [5.41, 5.74) is 8.04. The zero-order valence-electron chi connectivity index (χ0n) is 12.8. The van der Waals surface area contributed by atoms with Crippen LogP contribution in [0, 0.1) is 5.82 Å². The van der Waals surface area contributed by atoms with E-state index in [1.807, 2.05) is 0 Å². The van der Waals surface area contributed by atoms with Gasteiger partial charge in [-0.1, -0.05) is 6.07 Å². The van der Waals surface area contributed by atoms with Crippen molar-refractivity contribution in [2.45, 2.75) is 39.4 Å². The summed E-state index contributed by atoms with van der Waals surface area (Å²) in [6, 6.07) is 4.91. The summed E-state index contributed by atoms with van der Waals surface area (Å²) in [7, 11) is 0. The highest BCUT2D eigenvalue weighted by Gasteiger charge is 2.25. The molecule has 0 spiro atoms. The van der Waals surface area contributed by atoms with Crippen LogP contribution >= 0.6 is 0 Å². The van der Waals surface area contributed by atoms with Crippen molar-refractivity contribution in [2.75, 3.05) is 26.2 Å². The maximum atomic E-state index is 13.4. The Labute approximate surface area is 121 Å². The fourth-order valence-corrected chi connectivity index (χ4v) is 2.76. The summed E-state index contributed by atoms with van der Waals surface area (Å²) in [5, 5.41) is 0. The first kappa shape index (κ1) is 15.4. The van der Waals surface area contributed by atoms with E-state index < -0.39 is 0 Å². The van der Waals surface area contributed by atoms with Gasteiger partial charge >= 0.3 is 0 Å². The van der Waals surface area contributed by atoms with Gasteiger partial charge < -0.3 is 5.73 Å². The number of hydrogen-bond acceptors (Lipinski definition) is 3. The summed E-state index contributed by atoms with van der Waals surface area (Å²) in [6.07, 6.45) is 0. The van der Waals surface area contributed by atoms with Crippen LogP contribution in [0.1, 0.15) is 31.9 Å². The summed E-state index contributed by atoms with van der Waals surface area (Å²) in [4.78, 5) is 4.88. The Morgan fingerprint density at radius 2 is 1.75 bits per heavy atom. The number of nitrogens with two attached hydrogens (primary N) is 1. The molecule has 20 heavy (non-hydrogen) atoms. The molecule has 1 aromatic rings. The maximum absolute atomic E-state index is 13.4. The molecule has 1 aliphatic rings. The molecule has 2 rings (SSSR count). The molecule has 1 aromatic carbocycles. The van der Waals surface area contributed by atoms with Gasteiger partial charge in [0.05, 0.1) is 0 Å². The maximum Gasteiger partial charge on any atom is 0.123 e. The van der Waals surface area contributed by atoms with Gasteiger partial charge in [0.15, 0.2) is 0 Å². The molecule has 0 aromatic heterocycles. The minimum Gasteiger partial charge on any atom is -0.326 e. The number of hydrogen-bond donors (Lipinski definition) is 1. The Morgan fingerprint density at radius 3 is 2.30 bits per heavy atom. The molecular weight excluding hydrogens is 253 g/mol. The van der Waals surface area contributed by atoms with Crippen LogP contribution in [0.25, 0.3) is 0 Å². The lowest BCUT2D eigenvalue weighted by molar-refractivity contribution is 0.0589. The van der Waals surface area contributed by atoms with Gasteiger partial charge in [0.1, 0.15) is 5.82 Å². The topological polar surface area (TPSA) is 32.5 Å². The van der Waals surface area contributed by atoms with Crippen molar-refractivity contribution < 1.29 is 4.39 Å². The van der Waals surface area contributed by atoms with E-state index in [-0.39, 0.29) is 11.4 Å². The van der Waals surface area contributed by atoms with E-state index in [2.05, 4.69) is 30.6 Å².